The van der Waals surface area contributed by atoms with Gasteiger partial charge in [0, 0.05) is 38.8 Å². The van der Waals surface area contributed by atoms with Gasteiger partial charge in [-0.15, -0.1) is 0 Å². The van der Waals surface area contributed by atoms with Crippen molar-refractivity contribution >= 4 is 6.09 Å². The fourth-order valence-corrected chi connectivity index (χ4v) is 2.05. The molecule has 1 fully saturated rings. The largest absolute Gasteiger partial charge is 0.444 e. The van der Waals surface area contributed by atoms with Crippen molar-refractivity contribution in [3.05, 3.63) is 0 Å². The van der Waals surface area contributed by atoms with E-state index in [9.17, 15) is 4.79 Å². The van der Waals surface area contributed by atoms with E-state index in [1.165, 1.54) is 0 Å². The number of nitrogens with two attached hydrogens (primary N) is 1. The van der Waals surface area contributed by atoms with Crippen LogP contribution >= 0.6 is 0 Å². The Morgan fingerprint density at radius 3 is 2.50 bits per heavy atom. The Balaban J connectivity index is 2.32. The number of rotatable bonds is 7. The minimum Gasteiger partial charge on any atom is -0.444 e. The van der Waals surface area contributed by atoms with Gasteiger partial charge in [-0.1, -0.05) is 0 Å². The molecule has 1 saturated carbocycles. The summed E-state index contributed by atoms with van der Waals surface area (Å²) < 4.78 is 10.4. The first-order chi connectivity index (χ1) is 9.31. The lowest BCUT2D eigenvalue weighted by molar-refractivity contribution is 0.0201. The van der Waals surface area contributed by atoms with Crippen molar-refractivity contribution < 1.29 is 14.3 Å². The first-order valence-electron chi connectivity index (χ1n) is 7.27. The van der Waals surface area contributed by atoms with Gasteiger partial charge < -0.3 is 25.4 Å². The van der Waals surface area contributed by atoms with Gasteiger partial charge in [0.15, 0.2) is 0 Å². The number of carbonyl (C=O) groups is 1. The summed E-state index contributed by atoms with van der Waals surface area (Å²) in [5.74, 6) is 0. The molecule has 118 valence electrons. The number of nitrogens with zero attached hydrogens (tertiary/aromatic N) is 1. The molecule has 20 heavy (non-hydrogen) atoms. The maximum atomic E-state index is 12.1. The molecule has 0 heterocycles. The summed E-state index contributed by atoms with van der Waals surface area (Å²) >= 11 is 0. The number of ether oxygens (including phenoxy) is 2. The first kappa shape index (κ1) is 17.2. The smallest absolute Gasteiger partial charge is 0.410 e. The zero-order chi connectivity index (χ0) is 15.2. The molecule has 0 bridgehead atoms. The summed E-state index contributed by atoms with van der Waals surface area (Å²) in [7, 11) is 1.63. The Bertz CT molecular complexity index is 299. The molecule has 6 nitrogen and oxygen atoms in total. The highest BCUT2D eigenvalue weighted by Gasteiger charge is 2.26. The Hall–Kier alpha value is -0.850. The van der Waals surface area contributed by atoms with Gasteiger partial charge >= 0.3 is 6.09 Å². The average Bonchev–Trinajstić information content (AvgIpc) is 2.28. The quantitative estimate of drug-likeness (QED) is 0.729. The van der Waals surface area contributed by atoms with Gasteiger partial charge in [-0.25, -0.2) is 4.79 Å². The maximum absolute atomic E-state index is 12.1. The Morgan fingerprint density at radius 2 is 2.00 bits per heavy atom. The predicted octanol–water partition coefficient (Wildman–Crippen LogP) is 0.949. The standard InChI is InChI=1S/C14H29N3O3/c1-14(2,3)20-13(18)17(7-8-19-4)6-5-16-12-9-11(15)10-12/h11-12,16H,5-10,15H2,1-4H3. The normalized spacial score (nSPS) is 22.2. The van der Waals surface area contributed by atoms with E-state index < -0.39 is 5.60 Å². The fraction of sp³-hybridized carbons (Fsp3) is 0.929. The van der Waals surface area contributed by atoms with Crippen LogP contribution in [0.1, 0.15) is 33.6 Å². The highest BCUT2D eigenvalue weighted by Crippen LogP contribution is 2.17. The second-order valence-corrected chi connectivity index (χ2v) is 6.34. The number of nitrogens with one attached hydrogen (secondary N) is 1. The molecule has 0 aliphatic heterocycles. The molecule has 0 saturated heterocycles. The summed E-state index contributed by atoms with van der Waals surface area (Å²) in [5.41, 5.74) is 5.27. The van der Waals surface area contributed by atoms with Crippen LogP contribution in [0, 0.1) is 0 Å². The SMILES string of the molecule is COCCN(CCNC1CC(N)C1)C(=O)OC(C)(C)C. The van der Waals surface area contributed by atoms with Crippen LogP contribution in [0.15, 0.2) is 0 Å². The van der Waals surface area contributed by atoms with Crippen molar-refractivity contribution in [2.75, 3.05) is 33.4 Å². The molecule has 0 radical (unpaired) electrons. The molecule has 0 unspecified atom stereocenters. The summed E-state index contributed by atoms with van der Waals surface area (Å²) in [6.45, 7) is 8.02. The van der Waals surface area contributed by atoms with Crippen LogP contribution in [0.2, 0.25) is 0 Å². The van der Waals surface area contributed by atoms with Gasteiger partial charge in [0.05, 0.1) is 6.61 Å². The van der Waals surface area contributed by atoms with E-state index >= 15 is 0 Å². The lowest BCUT2D eigenvalue weighted by Gasteiger charge is -2.34. The number of hydrogen-bond acceptors (Lipinski definition) is 5. The van der Waals surface area contributed by atoms with Gasteiger partial charge in [-0.3, -0.25) is 0 Å². The van der Waals surface area contributed by atoms with E-state index in [2.05, 4.69) is 5.32 Å². The van der Waals surface area contributed by atoms with Crippen LogP contribution in [-0.4, -0.2) is 62.0 Å². The molecule has 0 spiro atoms. The van der Waals surface area contributed by atoms with Gasteiger partial charge in [0.1, 0.15) is 5.60 Å². The Labute approximate surface area is 122 Å². The average molecular weight is 287 g/mol. The monoisotopic (exact) mass is 287 g/mol. The van der Waals surface area contributed by atoms with Crippen LogP contribution in [-0.2, 0) is 9.47 Å². The van der Waals surface area contributed by atoms with Crippen LogP contribution in [0.25, 0.3) is 0 Å². The molecule has 0 aromatic heterocycles. The fourth-order valence-electron chi connectivity index (χ4n) is 2.05. The summed E-state index contributed by atoms with van der Waals surface area (Å²) in [6.07, 6.45) is 1.75. The second kappa shape index (κ2) is 7.81. The van der Waals surface area contributed by atoms with Gasteiger partial charge in [-0.2, -0.15) is 0 Å². The molecule has 1 rings (SSSR count). The number of carbonyl (C=O) groups excluding carboxylic acids is 1. The van der Waals surface area contributed by atoms with E-state index in [0.717, 1.165) is 19.4 Å². The third-order valence-electron chi connectivity index (χ3n) is 3.21. The van der Waals surface area contributed by atoms with Crippen molar-refractivity contribution in [3.8, 4) is 0 Å². The second-order valence-electron chi connectivity index (χ2n) is 6.34. The molecule has 1 aliphatic rings. The lowest BCUT2D eigenvalue weighted by atomic mass is 9.88. The van der Waals surface area contributed by atoms with E-state index in [1.807, 2.05) is 20.8 Å². The zero-order valence-corrected chi connectivity index (χ0v) is 13.1. The van der Waals surface area contributed by atoms with Crippen molar-refractivity contribution in [1.82, 2.24) is 10.2 Å². The Morgan fingerprint density at radius 1 is 1.35 bits per heavy atom. The minimum atomic E-state index is -0.476. The lowest BCUT2D eigenvalue weighted by Crippen LogP contribution is -2.50. The number of methoxy groups -OCH3 is 1. The van der Waals surface area contributed by atoms with E-state index in [4.69, 9.17) is 15.2 Å². The molecular weight excluding hydrogens is 258 g/mol. The molecule has 1 amide bonds. The van der Waals surface area contributed by atoms with Crippen LogP contribution < -0.4 is 11.1 Å². The van der Waals surface area contributed by atoms with Crippen LogP contribution in [0.3, 0.4) is 0 Å². The van der Waals surface area contributed by atoms with E-state index in [0.29, 0.717) is 31.8 Å². The molecule has 0 aromatic rings. The molecule has 6 heteroatoms. The molecule has 0 aromatic carbocycles. The van der Waals surface area contributed by atoms with Crippen LogP contribution in [0.4, 0.5) is 4.79 Å². The highest BCUT2D eigenvalue weighted by atomic mass is 16.6. The van der Waals surface area contributed by atoms with Crippen molar-refractivity contribution in [2.24, 2.45) is 5.73 Å². The molecule has 0 atom stereocenters. The van der Waals surface area contributed by atoms with Crippen molar-refractivity contribution in [1.29, 1.82) is 0 Å². The van der Waals surface area contributed by atoms with Crippen molar-refractivity contribution in [3.63, 3.8) is 0 Å². The zero-order valence-electron chi connectivity index (χ0n) is 13.1. The van der Waals surface area contributed by atoms with E-state index in [1.54, 1.807) is 12.0 Å². The summed E-state index contributed by atoms with van der Waals surface area (Å²) in [6, 6.07) is 0.830. The third-order valence-corrected chi connectivity index (χ3v) is 3.21. The van der Waals surface area contributed by atoms with Crippen molar-refractivity contribution in [2.45, 2.75) is 51.3 Å². The summed E-state index contributed by atoms with van der Waals surface area (Å²) in [4.78, 5) is 13.8. The van der Waals surface area contributed by atoms with Crippen LogP contribution in [0.5, 0.6) is 0 Å². The van der Waals surface area contributed by atoms with Gasteiger partial charge in [0.25, 0.3) is 0 Å². The molecule has 1 aliphatic carbocycles. The summed E-state index contributed by atoms with van der Waals surface area (Å²) in [5, 5.41) is 3.40. The highest BCUT2D eigenvalue weighted by molar-refractivity contribution is 5.68. The number of hydrogen-bond donors (Lipinski definition) is 2. The first-order valence-corrected chi connectivity index (χ1v) is 7.27. The maximum Gasteiger partial charge on any atom is 0.410 e. The molecular formula is C14H29N3O3. The van der Waals surface area contributed by atoms with Gasteiger partial charge in [0.2, 0.25) is 0 Å². The Kier molecular flexibility index (Phi) is 6.71. The topological polar surface area (TPSA) is 76.8 Å². The third kappa shape index (κ3) is 6.54. The number of amides is 1. The van der Waals surface area contributed by atoms with Gasteiger partial charge in [-0.05, 0) is 33.6 Å². The predicted molar refractivity (Wildman–Crippen MR) is 78.7 cm³/mol. The molecule has 3 N–H and O–H groups in total. The minimum absolute atomic E-state index is 0.290. The van der Waals surface area contributed by atoms with E-state index in [-0.39, 0.29) is 6.09 Å².